The Morgan fingerprint density at radius 3 is 2.12 bits per heavy atom. The molecule has 0 saturated carbocycles. The number of nitrogens with zero attached hydrogens (tertiary/aromatic N) is 2. The Kier molecular flexibility index (Phi) is 5.57. The van der Waals surface area contributed by atoms with Gasteiger partial charge in [0.05, 0.1) is 6.67 Å². The summed E-state index contributed by atoms with van der Waals surface area (Å²) < 4.78 is 0. The van der Waals surface area contributed by atoms with Gasteiger partial charge in [0.25, 0.3) is 0 Å². The second-order valence-corrected chi connectivity index (χ2v) is 9.31. The highest BCUT2D eigenvalue weighted by molar-refractivity contribution is 7.80. The first-order valence-corrected chi connectivity index (χ1v) is 10.1. The minimum atomic E-state index is 0.272. The third kappa shape index (κ3) is 4.37. The Labute approximate surface area is 164 Å². The molecule has 0 spiro atoms. The zero-order chi connectivity index (χ0) is 18.9. The summed E-state index contributed by atoms with van der Waals surface area (Å²) in [6.45, 7) is 13.6. The Bertz CT molecular complexity index is 719. The van der Waals surface area contributed by atoms with Gasteiger partial charge < -0.3 is 9.80 Å². The molecule has 1 saturated heterocycles. The number of anilines is 2. The van der Waals surface area contributed by atoms with E-state index in [1.165, 1.54) is 23.4 Å². The van der Waals surface area contributed by atoms with Gasteiger partial charge in [-0.2, -0.15) is 0 Å². The largest absolute Gasteiger partial charge is 0.353 e. The van der Waals surface area contributed by atoms with Crippen LogP contribution in [-0.2, 0) is 0 Å². The van der Waals surface area contributed by atoms with Gasteiger partial charge in [0, 0.05) is 28.9 Å². The molecule has 26 heavy (non-hydrogen) atoms. The van der Waals surface area contributed by atoms with Gasteiger partial charge >= 0.3 is 0 Å². The van der Waals surface area contributed by atoms with Gasteiger partial charge in [0.1, 0.15) is 0 Å². The molecule has 0 aliphatic carbocycles. The van der Waals surface area contributed by atoms with Crippen molar-refractivity contribution in [3.8, 4) is 0 Å². The normalized spacial score (nSPS) is 20.3. The summed E-state index contributed by atoms with van der Waals surface area (Å²) >= 11 is 4.44. The van der Waals surface area contributed by atoms with Gasteiger partial charge in [0.15, 0.2) is 0 Å². The van der Waals surface area contributed by atoms with Crippen LogP contribution in [0.25, 0.3) is 0 Å². The SMILES string of the molecule is CC(C)c1ccc(N2CN(c3ccc(S)cc3)C(C)CC(C)(C)C2)cc1. The number of hydrogen-bond acceptors (Lipinski definition) is 3. The maximum absolute atomic E-state index is 4.44. The van der Waals surface area contributed by atoms with Crippen LogP contribution in [-0.4, -0.2) is 19.3 Å². The molecular weight excluding hydrogens is 336 g/mol. The molecule has 140 valence electrons. The van der Waals surface area contributed by atoms with Gasteiger partial charge in [0.2, 0.25) is 0 Å². The monoisotopic (exact) mass is 368 g/mol. The lowest BCUT2D eigenvalue weighted by Crippen LogP contribution is -2.40. The van der Waals surface area contributed by atoms with Crippen LogP contribution < -0.4 is 9.80 Å². The molecule has 3 heteroatoms. The first kappa shape index (κ1) is 19.2. The van der Waals surface area contributed by atoms with Crippen molar-refractivity contribution in [3.05, 3.63) is 54.1 Å². The Hall–Kier alpha value is -1.61. The third-order valence-electron chi connectivity index (χ3n) is 5.43. The van der Waals surface area contributed by atoms with E-state index in [0.29, 0.717) is 12.0 Å². The van der Waals surface area contributed by atoms with E-state index < -0.39 is 0 Å². The lowest BCUT2D eigenvalue weighted by Gasteiger charge is -2.34. The first-order chi connectivity index (χ1) is 12.2. The Morgan fingerprint density at radius 2 is 1.54 bits per heavy atom. The highest BCUT2D eigenvalue weighted by atomic mass is 32.1. The fraction of sp³-hybridized carbons (Fsp3) is 0.478. The molecule has 1 heterocycles. The maximum Gasteiger partial charge on any atom is 0.0905 e. The van der Waals surface area contributed by atoms with Crippen molar-refractivity contribution < 1.29 is 0 Å². The van der Waals surface area contributed by atoms with Crippen molar-refractivity contribution in [2.75, 3.05) is 23.0 Å². The van der Waals surface area contributed by atoms with E-state index in [4.69, 9.17) is 0 Å². The zero-order valence-corrected chi connectivity index (χ0v) is 17.6. The van der Waals surface area contributed by atoms with Crippen molar-refractivity contribution in [3.63, 3.8) is 0 Å². The van der Waals surface area contributed by atoms with E-state index in [0.717, 1.165) is 18.1 Å². The molecule has 1 atom stereocenters. The fourth-order valence-electron chi connectivity index (χ4n) is 4.09. The summed E-state index contributed by atoms with van der Waals surface area (Å²) in [6.07, 6.45) is 1.18. The Balaban J connectivity index is 1.91. The average Bonchev–Trinajstić information content (AvgIpc) is 2.70. The second kappa shape index (κ2) is 7.56. The molecule has 0 radical (unpaired) electrons. The smallest absolute Gasteiger partial charge is 0.0905 e. The molecule has 1 aliphatic heterocycles. The number of rotatable bonds is 3. The summed E-state index contributed by atoms with van der Waals surface area (Å²) in [4.78, 5) is 6.07. The summed E-state index contributed by atoms with van der Waals surface area (Å²) in [5.74, 6) is 0.570. The molecule has 2 aromatic rings. The molecule has 0 N–H and O–H groups in total. The molecule has 1 unspecified atom stereocenters. The van der Waals surface area contributed by atoms with E-state index in [9.17, 15) is 0 Å². The lowest BCUT2D eigenvalue weighted by molar-refractivity contribution is 0.334. The van der Waals surface area contributed by atoms with E-state index in [1.807, 2.05) is 0 Å². The van der Waals surface area contributed by atoms with Gasteiger partial charge in [-0.15, -0.1) is 12.6 Å². The molecular formula is C23H32N2S. The molecule has 2 aromatic carbocycles. The van der Waals surface area contributed by atoms with Crippen molar-refractivity contribution in [2.24, 2.45) is 5.41 Å². The predicted octanol–water partition coefficient (Wildman–Crippen LogP) is 6.19. The maximum atomic E-state index is 4.44. The number of benzene rings is 2. The van der Waals surface area contributed by atoms with E-state index >= 15 is 0 Å². The third-order valence-corrected chi connectivity index (χ3v) is 5.73. The van der Waals surface area contributed by atoms with E-state index in [1.54, 1.807) is 0 Å². The number of thiol groups is 1. The topological polar surface area (TPSA) is 6.48 Å². The fourth-order valence-corrected chi connectivity index (χ4v) is 4.24. The predicted molar refractivity (Wildman–Crippen MR) is 117 cm³/mol. The second-order valence-electron chi connectivity index (χ2n) is 8.79. The Morgan fingerprint density at radius 1 is 0.962 bits per heavy atom. The summed E-state index contributed by atoms with van der Waals surface area (Å²) in [7, 11) is 0. The van der Waals surface area contributed by atoms with Crippen LogP contribution >= 0.6 is 12.6 Å². The molecule has 1 fully saturated rings. The number of hydrogen-bond donors (Lipinski definition) is 1. The van der Waals surface area contributed by atoms with Crippen LogP contribution in [0.15, 0.2) is 53.4 Å². The van der Waals surface area contributed by atoms with Gasteiger partial charge in [-0.1, -0.05) is 39.8 Å². The molecule has 0 bridgehead atoms. The average molecular weight is 369 g/mol. The van der Waals surface area contributed by atoms with Crippen LogP contribution in [0.4, 0.5) is 11.4 Å². The molecule has 0 aromatic heterocycles. The zero-order valence-electron chi connectivity index (χ0n) is 16.7. The first-order valence-electron chi connectivity index (χ1n) is 9.66. The van der Waals surface area contributed by atoms with E-state index in [2.05, 4.69) is 106 Å². The molecule has 2 nitrogen and oxygen atoms in total. The van der Waals surface area contributed by atoms with Gasteiger partial charge in [-0.05, 0) is 66.6 Å². The van der Waals surface area contributed by atoms with Crippen molar-refractivity contribution in [2.45, 2.75) is 57.9 Å². The molecule has 3 rings (SSSR count). The lowest BCUT2D eigenvalue weighted by atomic mass is 9.86. The van der Waals surface area contributed by atoms with Crippen molar-refractivity contribution >= 4 is 24.0 Å². The van der Waals surface area contributed by atoms with E-state index in [-0.39, 0.29) is 5.41 Å². The van der Waals surface area contributed by atoms with Crippen LogP contribution in [0, 0.1) is 5.41 Å². The molecule has 1 aliphatic rings. The van der Waals surface area contributed by atoms with Gasteiger partial charge in [-0.25, -0.2) is 0 Å². The summed E-state index contributed by atoms with van der Waals surface area (Å²) in [6, 6.07) is 18.2. The highest BCUT2D eigenvalue weighted by Crippen LogP contribution is 2.34. The highest BCUT2D eigenvalue weighted by Gasteiger charge is 2.32. The van der Waals surface area contributed by atoms with Crippen LogP contribution in [0.5, 0.6) is 0 Å². The van der Waals surface area contributed by atoms with Crippen LogP contribution in [0.3, 0.4) is 0 Å². The summed E-state index contributed by atoms with van der Waals surface area (Å²) in [5.41, 5.74) is 4.26. The minimum Gasteiger partial charge on any atom is -0.353 e. The van der Waals surface area contributed by atoms with Crippen LogP contribution in [0.1, 0.15) is 52.5 Å². The minimum absolute atomic E-state index is 0.272. The van der Waals surface area contributed by atoms with Gasteiger partial charge in [-0.3, -0.25) is 0 Å². The standard InChI is InChI=1S/C23H32N2S/c1-17(2)19-6-8-20(9-7-19)24-15-23(4,5)14-18(3)25(16-24)21-10-12-22(26)13-11-21/h6-13,17-18,26H,14-16H2,1-5H3. The quantitative estimate of drug-likeness (QED) is 0.646. The summed E-state index contributed by atoms with van der Waals surface area (Å²) in [5, 5.41) is 0. The molecule has 0 amide bonds. The van der Waals surface area contributed by atoms with Crippen molar-refractivity contribution in [1.29, 1.82) is 0 Å². The van der Waals surface area contributed by atoms with Crippen LogP contribution in [0.2, 0.25) is 0 Å². The van der Waals surface area contributed by atoms with Crippen molar-refractivity contribution in [1.82, 2.24) is 0 Å².